The number of benzene rings is 1. The minimum absolute atomic E-state index is 0.000624. The van der Waals surface area contributed by atoms with Crippen molar-refractivity contribution in [2.75, 3.05) is 29.5 Å². The largest absolute Gasteiger partial charge is 0.416 e. The lowest BCUT2D eigenvalue weighted by atomic mass is 10.1. The molecule has 0 radical (unpaired) electrons. The third-order valence-electron chi connectivity index (χ3n) is 2.94. The van der Waals surface area contributed by atoms with Crippen molar-refractivity contribution in [2.45, 2.75) is 6.18 Å². The molecule has 104 valence electrons. The van der Waals surface area contributed by atoms with E-state index < -0.39 is 11.7 Å². The lowest BCUT2D eigenvalue weighted by molar-refractivity contribution is -0.137. The molecule has 1 saturated heterocycles. The van der Waals surface area contributed by atoms with Gasteiger partial charge in [-0.25, -0.2) is 0 Å². The van der Waals surface area contributed by atoms with E-state index in [2.05, 4.69) is 0 Å². The van der Waals surface area contributed by atoms with E-state index in [0.29, 0.717) is 11.3 Å². The second-order valence-corrected chi connectivity index (χ2v) is 5.86. The van der Waals surface area contributed by atoms with Gasteiger partial charge in [0.05, 0.1) is 5.56 Å². The lowest BCUT2D eigenvalue weighted by Gasteiger charge is -2.30. The molecular weight excluding hydrogens is 293 g/mol. The van der Waals surface area contributed by atoms with Gasteiger partial charge in [-0.1, -0.05) is 12.2 Å². The predicted molar refractivity (Wildman–Crippen MR) is 76.9 cm³/mol. The molecule has 0 saturated carbocycles. The van der Waals surface area contributed by atoms with Crippen LogP contribution in [0, 0.1) is 0 Å². The van der Waals surface area contributed by atoms with Crippen LogP contribution in [-0.2, 0) is 6.18 Å². The van der Waals surface area contributed by atoms with Gasteiger partial charge in [-0.05, 0) is 18.2 Å². The van der Waals surface area contributed by atoms with Gasteiger partial charge >= 0.3 is 6.18 Å². The first-order valence-corrected chi connectivity index (χ1v) is 7.29. The molecule has 0 spiro atoms. The Bertz CT molecular complexity index is 482. The summed E-state index contributed by atoms with van der Waals surface area (Å²) in [6.07, 6.45) is -4.38. The van der Waals surface area contributed by atoms with Crippen molar-refractivity contribution in [3.63, 3.8) is 0 Å². The molecule has 1 fully saturated rings. The van der Waals surface area contributed by atoms with Gasteiger partial charge in [-0.15, -0.1) is 0 Å². The lowest BCUT2D eigenvalue weighted by Crippen LogP contribution is -2.34. The van der Waals surface area contributed by atoms with Crippen LogP contribution in [0.5, 0.6) is 0 Å². The SMILES string of the molecule is NC(=S)c1cc(C(F)(F)F)ccc1N1CCSCC1. The average Bonchev–Trinajstić information content (AvgIpc) is 2.38. The van der Waals surface area contributed by atoms with Crippen LogP contribution in [-0.4, -0.2) is 29.6 Å². The highest BCUT2D eigenvalue weighted by Gasteiger charge is 2.31. The molecule has 0 atom stereocenters. The summed E-state index contributed by atoms with van der Waals surface area (Å²) >= 11 is 6.71. The van der Waals surface area contributed by atoms with Crippen LogP contribution in [0.25, 0.3) is 0 Å². The molecule has 0 amide bonds. The number of thioether (sulfide) groups is 1. The predicted octanol–water partition coefficient (Wildman–Crippen LogP) is 2.89. The number of halogens is 3. The third kappa shape index (κ3) is 3.33. The molecule has 1 aliphatic rings. The summed E-state index contributed by atoms with van der Waals surface area (Å²) in [7, 11) is 0. The fraction of sp³-hybridized carbons (Fsp3) is 0.417. The molecule has 0 aliphatic carbocycles. The maximum atomic E-state index is 12.7. The molecule has 2 N–H and O–H groups in total. The first-order valence-electron chi connectivity index (χ1n) is 5.73. The van der Waals surface area contributed by atoms with Gasteiger partial charge in [-0.3, -0.25) is 0 Å². The number of thiocarbonyl (C=S) groups is 1. The number of nitrogens with zero attached hydrogens (tertiary/aromatic N) is 1. The standard InChI is InChI=1S/C12H13F3N2S2/c13-12(14,15)8-1-2-10(9(7-8)11(16)18)17-3-5-19-6-4-17/h1-2,7H,3-6H2,(H2,16,18). The van der Waals surface area contributed by atoms with Crippen LogP contribution in [0.3, 0.4) is 0 Å². The van der Waals surface area contributed by atoms with Crippen LogP contribution in [0.1, 0.15) is 11.1 Å². The molecule has 0 aromatic heterocycles. The molecule has 2 rings (SSSR count). The summed E-state index contributed by atoms with van der Waals surface area (Å²) in [4.78, 5) is 2.03. The molecule has 0 unspecified atom stereocenters. The summed E-state index contributed by atoms with van der Waals surface area (Å²) in [5, 5.41) is 0. The van der Waals surface area contributed by atoms with Gasteiger partial charge in [0.2, 0.25) is 0 Å². The topological polar surface area (TPSA) is 29.3 Å². The van der Waals surface area contributed by atoms with Crippen LogP contribution in [0.4, 0.5) is 18.9 Å². The monoisotopic (exact) mass is 306 g/mol. The number of alkyl halides is 3. The van der Waals surface area contributed by atoms with Crippen molar-refractivity contribution in [1.82, 2.24) is 0 Å². The number of hydrogen-bond acceptors (Lipinski definition) is 3. The Hall–Kier alpha value is -0.950. The molecule has 0 bridgehead atoms. The maximum absolute atomic E-state index is 12.7. The van der Waals surface area contributed by atoms with Crippen molar-refractivity contribution < 1.29 is 13.2 Å². The minimum Gasteiger partial charge on any atom is -0.389 e. The highest BCUT2D eigenvalue weighted by Crippen LogP contribution is 2.33. The Labute approximate surface area is 119 Å². The highest BCUT2D eigenvalue weighted by atomic mass is 32.2. The van der Waals surface area contributed by atoms with Gasteiger partial charge in [0, 0.05) is 35.8 Å². The zero-order chi connectivity index (χ0) is 14.0. The van der Waals surface area contributed by atoms with Crippen molar-refractivity contribution in [1.29, 1.82) is 0 Å². The average molecular weight is 306 g/mol. The molecule has 1 heterocycles. The zero-order valence-corrected chi connectivity index (χ0v) is 11.7. The second-order valence-electron chi connectivity index (χ2n) is 4.19. The molecule has 1 aliphatic heterocycles. The minimum atomic E-state index is -4.38. The Morgan fingerprint density at radius 3 is 2.42 bits per heavy atom. The Morgan fingerprint density at radius 1 is 1.26 bits per heavy atom. The maximum Gasteiger partial charge on any atom is 0.416 e. The van der Waals surface area contributed by atoms with E-state index in [9.17, 15) is 13.2 Å². The molecule has 2 nitrogen and oxygen atoms in total. The number of hydrogen-bond donors (Lipinski definition) is 1. The van der Waals surface area contributed by atoms with E-state index in [1.165, 1.54) is 6.07 Å². The Morgan fingerprint density at radius 2 is 1.89 bits per heavy atom. The summed E-state index contributed by atoms with van der Waals surface area (Å²) in [6, 6.07) is 3.59. The smallest absolute Gasteiger partial charge is 0.389 e. The van der Waals surface area contributed by atoms with Crippen LogP contribution in [0.15, 0.2) is 18.2 Å². The van der Waals surface area contributed by atoms with Crippen molar-refractivity contribution in [3.05, 3.63) is 29.3 Å². The van der Waals surface area contributed by atoms with Gasteiger partial charge < -0.3 is 10.6 Å². The molecular formula is C12H13F3N2S2. The van der Waals surface area contributed by atoms with E-state index in [0.717, 1.165) is 36.7 Å². The first kappa shape index (κ1) is 14.5. The van der Waals surface area contributed by atoms with E-state index >= 15 is 0 Å². The fourth-order valence-corrected chi connectivity index (χ4v) is 3.06. The summed E-state index contributed by atoms with van der Waals surface area (Å²) < 4.78 is 38.1. The molecule has 7 heteroatoms. The molecule has 1 aromatic rings. The Kier molecular flexibility index (Phi) is 4.25. The van der Waals surface area contributed by atoms with E-state index in [-0.39, 0.29) is 4.99 Å². The van der Waals surface area contributed by atoms with Crippen molar-refractivity contribution in [2.24, 2.45) is 5.73 Å². The summed E-state index contributed by atoms with van der Waals surface area (Å²) in [6.45, 7) is 1.59. The normalized spacial score (nSPS) is 16.5. The number of nitrogens with two attached hydrogens (primary N) is 1. The second kappa shape index (κ2) is 5.58. The quantitative estimate of drug-likeness (QED) is 0.851. The summed E-state index contributed by atoms with van der Waals surface area (Å²) in [5.74, 6) is 1.91. The van der Waals surface area contributed by atoms with Crippen molar-refractivity contribution >= 4 is 34.7 Å². The highest BCUT2D eigenvalue weighted by molar-refractivity contribution is 7.99. The molecule has 19 heavy (non-hydrogen) atoms. The van der Waals surface area contributed by atoms with E-state index in [1.54, 1.807) is 0 Å². The first-order chi connectivity index (χ1) is 8.89. The molecule has 1 aromatic carbocycles. The van der Waals surface area contributed by atoms with Gasteiger partial charge in [0.1, 0.15) is 4.99 Å². The van der Waals surface area contributed by atoms with Gasteiger partial charge in [-0.2, -0.15) is 24.9 Å². The summed E-state index contributed by atoms with van der Waals surface area (Å²) in [5.41, 5.74) is 5.85. The van der Waals surface area contributed by atoms with Crippen molar-refractivity contribution in [3.8, 4) is 0 Å². The Balaban J connectivity index is 2.40. The third-order valence-corrected chi connectivity index (χ3v) is 4.10. The van der Waals surface area contributed by atoms with Crippen LogP contribution in [0.2, 0.25) is 0 Å². The van der Waals surface area contributed by atoms with Crippen LogP contribution >= 0.6 is 24.0 Å². The number of anilines is 1. The van der Waals surface area contributed by atoms with Crippen LogP contribution < -0.4 is 10.6 Å². The van der Waals surface area contributed by atoms with E-state index in [1.807, 2.05) is 16.7 Å². The van der Waals surface area contributed by atoms with Gasteiger partial charge in [0.15, 0.2) is 0 Å². The van der Waals surface area contributed by atoms with E-state index in [4.69, 9.17) is 18.0 Å². The number of rotatable bonds is 2. The van der Waals surface area contributed by atoms with Gasteiger partial charge in [0.25, 0.3) is 0 Å². The fourth-order valence-electron chi connectivity index (χ4n) is 1.99. The zero-order valence-electron chi connectivity index (χ0n) is 10.0.